The molecule has 0 amide bonds. The van der Waals surface area contributed by atoms with Gasteiger partial charge in [0, 0.05) is 11.8 Å². The SMILES string of the molecule is Cc1c(C(=O)O)ccc(=O)n1CC(=O)O. The summed E-state index contributed by atoms with van der Waals surface area (Å²) < 4.78 is 0.909. The number of pyridine rings is 1. The van der Waals surface area contributed by atoms with Gasteiger partial charge in [-0.15, -0.1) is 0 Å². The average molecular weight is 211 g/mol. The second-order valence-electron chi connectivity index (χ2n) is 2.96. The minimum atomic E-state index is -1.19. The summed E-state index contributed by atoms with van der Waals surface area (Å²) >= 11 is 0. The Morgan fingerprint density at radius 1 is 1.33 bits per heavy atom. The van der Waals surface area contributed by atoms with Crippen LogP contribution in [0.15, 0.2) is 16.9 Å². The fraction of sp³-hybridized carbons (Fsp3) is 0.222. The normalized spacial score (nSPS) is 9.93. The van der Waals surface area contributed by atoms with Crippen molar-refractivity contribution >= 4 is 11.9 Å². The minimum Gasteiger partial charge on any atom is -0.480 e. The highest BCUT2D eigenvalue weighted by molar-refractivity contribution is 5.88. The van der Waals surface area contributed by atoms with E-state index in [1.165, 1.54) is 13.0 Å². The van der Waals surface area contributed by atoms with Crippen molar-refractivity contribution in [3.8, 4) is 0 Å². The number of rotatable bonds is 3. The van der Waals surface area contributed by atoms with E-state index in [0.29, 0.717) is 0 Å². The highest BCUT2D eigenvalue weighted by atomic mass is 16.4. The maximum atomic E-state index is 11.3. The van der Waals surface area contributed by atoms with E-state index < -0.39 is 24.0 Å². The molecule has 0 spiro atoms. The van der Waals surface area contributed by atoms with Crippen LogP contribution in [0.3, 0.4) is 0 Å². The van der Waals surface area contributed by atoms with E-state index in [-0.39, 0.29) is 11.3 Å². The van der Waals surface area contributed by atoms with Gasteiger partial charge in [-0.3, -0.25) is 9.59 Å². The van der Waals surface area contributed by atoms with Gasteiger partial charge >= 0.3 is 11.9 Å². The molecule has 80 valence electrons. The van der Waals surface area contributed by atoms with Gasteiger partial charge in [-0.2, -0.15) is 0 Å². The highest BCUT2D eigenvalue weighted by Crippen LogP contribution is 2.04. The van der Waals surface area contributed by atoms with Crippen LogP contribution in [-0.4, -0.2) is 26.7 Å². The van der Waals surface area contributed by atoms with Gasteiger partial charge in [-0.25, -0.2) is 4.79 Å². The van der Waals surface area contributed by atoms with Crippen molar-refractivity contribution in [1.29, 1.82) is 0 Å². The lowest BCUT2D eigenvalue weighted by Crippen LogP contribution is -2.27. The topological polar surface area (TPSA) is 96.6 Å². The summed E-state index contributed by atoms with van der Waals surface area (Å²) in [5, 5.41) is 17.3. The first-order valence-corrected chi connectivity index (χ1v) is 4.09. The third kappa shape index (κ3) is 2.22. The monoisotopic (exact) mass is 211 g/mol. The largest absolute Gasteiger partial charge is 0.480 e. The molecule has 0 atom stereocenters. The molecule has 0 aliphatic carbocycles. The number of carbonyl (C=O) groups is 2. The molecule has 2 N–H and O–H groups in total. The van der Waals surface area contributed by atoms with Crippen molar-refractivity contribution < 1.29 is 19.8 Å². The van der Waals surface area contributed by atoms with E-state index in [0.717, 1.165) is 10.6 Å². The van der Waals surface area contributed by atoms with E-state index in [1.54, 1.807) is 0 Å². The lowest BCUT2D eigenvalue weighted by molar-refractivity contribution is -0.137. The summed E-state index contributed by atoms with van der Waals surface area (Å²) in [6, 6.07) is 2.21. The molecule has 0 saturated carbocycles. The first-order chi connectivity index (χ1) is 6.93. The van der Waals surface area contributed by atoms with Crippen molar-refractivity contribution in [1.82, 2.24) is 4.57 Å². The Labute approximate surface area is 84.4 Å². The molecule has 15 heavy (non-hydrogen) atoms. The number of nitrogens with zero attached hydrogens (tertiary/aromatic N) is 1. The van der Waals surface area contributed by atoms with Crippen LogP contribution in [-0.2, 0) is 11.3 Å². The summed E-state index contributed by atoms with van der Waals surface area (Å²) in [5.41, 5.74) is -0.465. The highest BCUT2D eigenvalue weighted by Gasteiger charge is 2.13. The zero-order chi connectivity index (χ0) is 11.6. The van der Waals surface area contributed by atoms with E-state index in [9.17, 15) is 14.4 Å². The van der Waals surface area contributed by atoms with Gasteiger partial charge in [0.2, 0.25) is 0 Å². The van der Waals surface area contributed by atoms with Gasteiger partial charge in [0.15, 0.2) is 0 Å². The summed E-state index contributed by atoms with van der Waals surface area (Å²) in [6.45, 7) is 0.861. The van der Waals surface area contributed by atoms with Gasteiger partial charge in [0.05, 0.1) is 5.56 Å². The molecule has 6 nitrogen and oxygen atoms in total. The molecule has 1 rings (SSSR count). The predicted molar refractivity (Wildman–Crippen MR) is 50.0 cm³/mol. The summed E-state index contributed by atoms with van der Waals surface area (Å²) in [5.74, 6) is -2.38. The maximum absolute atomic E-state index is 11.3. The number of aromatic carboxylic acids is 1. The zero-order valence-corrected chi connectivity index (χ0v) is 7.93. The van der Waals surface area contributed by atoms with Crippen LogP contribution < -0.4 is 5.56 Å². The van der Waals surface area contributed by atoms with Crippen LogP contribution in [0.2, 0.25) is 0 Å². The van der Waals surface area contributed by atoms with Crippen LogP contribution in [0.1, 0.15) is 16.1 Å². The molecule has 1 heterocycles. The molecule has 0 fully saturated rings. The van der Waals surface area contributed by atoms with Crippen LogP contribution >= 0.6 is 0 Å². The van der Waals surface area contributed by atoms with E-state index >= 15 is 0 Å². The van der Waals surface area contributed by atoms with Crippen molar-refractivity contribution in [2.24, 2.45) is 0 Å². The summed E-state index contributed by atoms with van der Waals surface area (Å²) in [6.07, 6.45) is 0. The Kier molecular flexibility index (Phi) is 2.89. The fourth-order valence-electron chi connectivity index (χ4n) is 1.23. The first-order valence-electron chi connectivity index (χ1n) is 4.09. The Bertz CT molecular complexity index is 474. The maximum Gasteiger partial charge on any atom is 0.337 e. The Morgan fingerprint density at radius 2 is 1.93 bits per heavy atom. The zero-order valence-electron chi connectivity index (χ0n) is 7.93. The molecule has 0 aliphatic rings. The molecule has 1 aromatic heterocycles. The third-order valence-corrected chi connectivity index (χ3v) is 1.98. The average Bonchev–Trinajstić information content (AvgIpc) is 2.11. The predicted octanol–water partition coefficient (Wildman–Crippen LogP) is -0.0605. The van der Waals surface area contributed by atoms with E-state index in [4.69, 9.17) is 10.2 Å². The second-order valence-corrected chi connectivity index (χ2v) is 2.96. The quantitative estimate of drug-likeness (QED) is 0.730. The molecular formula is C9H9NO5. The number of carboxylic acids is 2. The summed E-state index contributed by atoms with van der Waals surface area (Å²) in [7, 11) is 0. The van der Waals surface area contributed by atoms with Crippen molar-refractivity contribution in [2.45, 2.75) is 13.5 Å². The standard InChI is InChI=1S/C9H9NO5/c1-5-6(9(14)15)2-3-7(11)10(5)4-8(12)13/h2-3H,4H2,1H3,(H,12,13)(H,14,15). The fourth-order valence-corrected chi connectivity index (χ4v) is 1.23. The number of hydrogen-bond acceptors (Lipinski definition) is 3. The number of aromatic nitrogens is 1. The van der Waals surface area contributed by atoms with Crippen molar-refractivity contribution in [3.05, 3.63) is 33.7 Å². The number of aliphatic carboxylic acids is 1. The second kappa shape index (κ2) is 3.95. The van der Waals surface area contributed by atoms with Crippen LogP contribution in [0.5, 0.6) is 0 Å². The van der Waals surface area contributed by atoms with Gasteiger partial charge in [-0.05, 0) is 13.0 Å². The molecule has 0 bridgehead atoms. The third-order valence-electron chi connectivity index (χ3n) is 1.98. The van der Waals surface area contributed by atoms with Gasteiger partial charge in [0.1, 0.15) is 6.54 Å². The van der Waals surface area contributed by atoms with Crippen LogP contribution in [0.4, 0.5) is 0 Å². The molecular weight excluding hydrogens is 202 g/mol. The number of hydrogen-bond donors (Lipinski definition) is 2. The van der Waals surface area contributed by atoms with Crippen molar-refractivity contribution in [2.75, 3.05) is 0 Å². The number of carboxylic acid groups (broad SMARTS) is 2. The van der Waals surface area contributed by atoms with E-state index in [2.05, 4.69) is 0 Å². The molecule has 0 saturated heterocycles. The first kappa shape index (κ1) is 11.0. The summed E-state index contributed by atoms with van der Waals surface area (Å²) in [4.78, 5) is 32.4. The van der Waals surface area contributed by atoms with Gasteiger partial charge in [-0.1, -0.05) is 0 Å². The molecule has 0 unspecified atom stereocenters. The Balaban J connectivity index is 3.36. The lowest BCUT2D eigenvalue weighted by atomic mass is 10.2. The Hall–Kier alpha value is -2.11. The Morgan fingerprint density at radius 3 is 2.40 bits per heavy atom. The lowest BCUT2D eigenvalue weighted by Gasteiger charge is -2.08. The van der Waals surface area contributed by atoms with Gasteiger partial charge < -0.3 is 14.8 Å². The molecule has 0 radical (unpaired) electrons. The van der Waals surface area contributed by atoms with Crippen LogP contribution in [0.25, 0.3) is 0 Å². The molecule has 6 heteroatoms. The molecule has 0 aliphatic heterocycles. The van der Waals surface area contributed by atoms with Crippen molar-refractivity contribution in [3.63, 3.8) is 0 Å². The molecule has 0 aromatic carbocycles. The van der Waals surface area contributed by atoms with Gasteiger partial charge in [0.25, 0.3) is 5.56 Å². The smallest absolute Gasteiger partial charge is 0.337 e. The van der Waals surface area contributed by atoms with E-state index in [1.807, 2.05) is 0 Å². The molecule has 1 aromatic rings. The van der Waals surface area contributed by atoms with Crippen LogP contribution in [0, 0.1) is 6.92 Å². The minimum absolute atomic E-state index is 0.0733.